The van der Waals surface area contributed by atoms with Gasteiger partial charge in [-0.25, -0.2) is 0 Å². The highest BCUT2D eigenvalue weighted by molar-refractivity contribution is 6.03. The number of aryl methyl sites for hydroxylation is 1. The summed E-state index contributed by atoms with van der Waals surface area (Å²) in [7, 11) is 0. The third-order valence-electron chi connectivity index (χ3n) is 4.31. The highest BCUT2D eigenvalue weighted by Crippen LogP contribution is 2.20. The van der Waals surface area contributed by atoms with E-state index in [4.69, 9.17) is 0 Å². The van der Waals surface area contributed by atoms with Crippen LogP contribution in [0.5, 0.6) is 0 Å². The van der Waals surface area contributed by atoms with Gasteiger partial charge in [0.15, 0.2) is 11.6 Å². The normalized spacial score (nSPS) is 17.4. The number of nitrogens with zero attached hydrogens (tertiary/aromatic N) is 1. The van der Waals surface area contributed by atoms with Gasteiger partial charge < -0.3 is 4.98 Å². The van der Waals surface area contributed by atoms with Gasteiger partial charge in [-0.15, -0.1) is 0 Å². The first-order valence-corrected chi connectivity index (χ1v) is 7.35. The zero-order valence-corrected chi connectivity index (χ0v) is 12.9. The van der Waals surface area contributed by atoms with Gasteiger partial charge >= 0.3 is 0 Å². The molecule has 0 aromatic carbocycles. The molecule has 0 saturated carbocycles. The number of hydrogen-bond acceptors (Lipinski definition) is 3. The molecular weight excluding hydrogens is 252 g/mol. The molecule has 4 nitrogen and oxygen atoms in total. The number of carbonyl (C=O) groups excluding carboxylic acids is 2. The van der Waals surface area contributed by atoms with Crippen LogP contribution in [0.1, 0.15) is 58.8 Å². The van der Waals surface area contributed by atoms with Gasteiger partial charge in [-0.05, 0) is 58.2 Å². The lowest BCUT2D eigenvalue weighted by molar-refractivity contribution is 0.0894. The molecule has 1 aromatic rings. The fourth-order valence-corrected chi connectivity index (χ4v) is 3.06. The van der Waals surface area contributed by atoms with Crippen molar-refractivity contribution in [1.29, 1.82) is 0 Å². The summed E-state index contributed by atoms with van der Waals surface area (Å²) >= 11 is 0. The van der Waals surface area contributed by atoms with Crippen molar-refractivity contribution in [2.45, 2.75) is 40.5 Å². The molecule has 1 aromatic heterocycles. The van der Waals surface area contributed by atoms with Gasteiger partial charge in [0.25, 0.3) is 0 Å². The molecule has 2 heterocycles. The fourth-order valence-electron chi connectivity index (χ4n) is 3.06. The third kappa shape index (κ3) is 3.01. The summed E-state index contributed by atoms with van der Waals surface area (Å²) in [5.41, 5.74) is 2.86. The first-order chi connectivity index (χ1) is 9.40. The summed E-state index contributed by atoms with van der Waals surface area (Å²) in [6, 6.07) is 0. The summed E-state index contributed by atoms with van der Waals surface area (Å²) in [4.78, 5) is 29.3. The van der Waals surface area contributed by atoms with Crippen molar-refractivity contribution in [2.75, 3.05) is 19.6 Å². The van der Waals surface area contributed by atoms with E-state index in [1.807, 2.05) is 13.8 Å². The Morgan fingerprint density at radius 1 is 1.25 bits per heavy atom. The smallest absolute Gasteiger partial charge is 0.193 e. The van der Waals surface area contributed by atoms with E-state index in [9.17, 15) is 9.59 Å². The van der Waals surface area contributed by atoms with E-state index in [1.54, 1.807) is 6.92 Å². The third-order valence-corrected chi connectivity index (χ3v) is 4.31. The van der Waals surface area contributed by atoms with Crippen molar-refractivity contribution in [3.05, 3.63) is 22.5 Å². The Balaban J connectivity index is 2.10. The maximum absolute atomic E-state index is 12.4. The predicted octanol–water partition coefficient (Wildman–Crippen LogP) is 2.75. The van der Waals surface area contributed by atoms with Gasteiger partial charge in [-0.1, -0.05) is 6.92 Å². The van der Waals surface area contributed by atoms with Crippen LogP contribution in [-0.2, 0) is 0 Å². The van der Waals surface area contributed by atoms with Crippen molar-refractivity contribution < 1.29 is 9.59 Å². The number of Topliss-reactive ketones (excluding diaryl/α,β-unsaturated/α-hetero) is 2. The topological polar surface area (TPSA) is 53.2 Å². The lowest BCUT2D eigenvalue weighted by Crippen LogP contribution is -2.37. The molecule has 0 radical (unpaired) electrons. The lowest BCUT2D eigenvalue weighted by atomic mass is 9.98. The number of H-pyrrole nitrogens is 1. The minimum Gasteiger partial charge on any atom is -0.355 e. The van der Waals surface area contributed by atoms with Gasteiger partial charge in [-0.3, -0.25) is 14.5 Å². The van der Waals surface area contributed by atoms with Crippen molar-refractivity contribution >= 4 is 11.6 Å². The van der Waals surface area contributed by atoms with Crippen molar-refractivity contribution in [3.8, 4) is 0 Å². The summed E-state index contributed by atoms with van der Waals surface area (Å²) in [5, 5.41) is 0. The first-order valence-electron chi connectivity index (χ1n) is 7.35. The highest BCUT2D eigenvalue weighted by atomic mass is 16.1. The molecule has 1 aliphatic rings. The van der Waals surface area contributed by atoms with Crippen LogP contribution in [0.3, 0.4) is 0 Å². The molecule has 0 amide bonds. The first kappa shape index (κ1) is 15.0. The molecule has 0 bridgehead atoms. The highest BCUT2D eigenvalue weighted by Gasteiger charge is 2.23. The monoisotopic (exact) mass is 276 g/mol. The maximum atomic E-state index is 12.4. The second-order valence-corrected chi connectivity index (χ2v) is 6.06. The minimum atomic E-state index is 0.0158. The minimum absolute atomic E-state index is 0.0158. The van der Waals surface area contributed by atoms with Crippen molar-refractivity contribution in [1.82, 2.24) is 9.88 Å². The zero-order valence-electron chi connectivity index (χ0n) is 12.9. The van der Waals surface area contributed by atoms with E-state index in [-0.39, 0.29) is 11.6 Å². The Bertz CT molecular complexity index is 523. The van der Waals surface area contributed by atoms with Gasteiger partial charge in [0.2, 0.25) is 0 Å². The number of aromatic amines is 1. The quantitative estimate of drug-likeness (QED) is 0.860. The summed E-state index contributed by atoms with van der Waals surface area (Å²) in [6.07, 6.45) is 2.32. The number of ketones is 2. The average molecular weight is 276 g/mol. The zero-order chi connectivity index (χ0) is 14.9. The Labute approximate surface area is 120 Å². The van der Waals surface area contributed by atoms with Crippen LogP contribution in [0, 0.1) is 19.8 Å². The van der Waals surface area contributed by atoms with Crippen molar-refractivity contribution in [2.24, 2.45) is 5.92 Å². The van der Waals surface area contributed by atoms with Gasteiger partial charge in [-0.2, -0.15) is 0 Å². The van der Waals surface area contributed by atoms with Gasteiger partial charge in [0, 0.05) is 11.3 Å². The summed E-state index contributed by atoms with van der Waals surface area (Å²) in [5.74, 6) is 0.870. The number of rotatable bonds is 4. The maximum Gasteiger partial charge on any atom is 0.193 e. The molecule has 1 N–H and O–H groups in total. The molecule has 0 atom stereocenters. The number of hydrogen-bond donors (Lipinski definition) is 1. The Kier molecular flexibility index (Phi) is 4.43. The van der Waals surface area contributed by atoms with E-state index in [0.717, 1.165) is 43.1 Å². The van der Waals surface area contributed by atoms with E-state index >= 15 is 0 Å². The fraction of sp³-hybridized carbons (Fsp3) is 0.625. The van der Waals surface area contributed by atoms with Crippen LogP contribution in [0.2, 0.25) is 0 Å². The molecule has 20 heavy (non-hydrogen) atoms. The SMILES string of the molecule is CC(=O)c1c(C)[nH]c(C(=O)CN2CCC(C)CC2)c1C. The number of likely N-dealkylation sites (tertiary alicyclic amines) is 1. The molecular formula is C16H24N2O2. The van der Waals surface area contributed by atoms with E-state index < -0.39 is 0 Å². The molecule has 0 spiro atoms. The van der Waals surface area contributed by atoms with Crippen LogP contribution in [0.4, 0.5) is 0 Å². The Morgan fingerprint density at radius 2 is 1.85 bits per heavy atom. The predicted molar refractivity (Wildman–Crippen MR) is 79.4 cm³/mol. The second-order valence-electron chi connectivity index (χ2n) is 6.06. The summed E-state index contributed by atoms with van der Waals surface area (Å²) < 4.78 is 0. The van der Waals surface area contributed by atoms with E-state index in [0.29, 0.717) is 17.8 Å². The molecule has 2 rings (SSSR count). The summed E-state index contributed by atoms with van der Waals surface area (Å²) in [6.45, 7) is 9.94. The molecule has 1 fully saturated rings. The molecule has 110 valence electrons. The van der Waals surface area contributed by atoms with Crippen LogP contribution in [-0.4, -0.2) is 41.1 Å². The molecule has 4 heteroatoms. The average Bonchev–Trinajstić information content (AvgIpc) is 2.67. The number of aromatic nitrogens is 1. The van der Waals surface area contributed by atoms with Crippen LogP contribution in [0.15, 0.2) is 0 Å². The van der Waals surface area contributed by atoms with Gasteiger partial charge in [0.1, 0.15) is 0 Å². The van der Waals surface area contributed by atoms with E-state index in [1.165, 1.54) is 0 Å². The number of carbonyl (C=O) groups is 2. The number of piperidine rings is 1. The molecule has 1 saturated heterocycles. The molecule has 0 unspecified atom stereocenters. The lowest BCUT2D eigenvalue weighted by Gasteiger charge is -2.29. The number of nitrogens with one attached hydrogen (secondary N) is 1. The second kappa shape index (κ2) is 5.92. The van der Waals surface area contributed by atoms with Crippen LogP contribution in [0.25, 0.3) is 0 Å². The van der Waals surface area contributed by atoms with Crippen molar-refractivity contribution in [3.63, 3.8) is 0 Å². The largest absolute Gasteiger partial charge is 0.355 e. The van der Waals surface area contributed by atoms with Crippen LogP contribution >= 0.6 is 0 Å². The molecule has 0 aliphatic carbocycles. The Morgan fingerprint density at radius 3 is 2.35 bits per heavy atom. The van der Waals surface area contributed by atoms with E-state index in [2.05, 4.69) is 16.8 Å². The molecule has 1 aliphatic heterocycles. The standard InChI is InChI=1S/C16H24N2O2/c1-10-5-7-18(8-6-10)9-14(20)16-11(2)15(13(4)19)12(3)17-16/h10,17H,5-9H2,1-4H3. The Hall–Kier alpha value is -1.42. The van der Waals surface area contributed by atoms with Gasteiger partial charge in [0.05, 0.1) is 12.2 Å². The van der Waals surface area contributed by atoms with Crippen LogP contribution < -0.4 is 0 Å².